The number of hydrazone groups is 1. The van der Waals surface area contributed by atoms with E-state index in [1.165, 1.54) is 4.68 Å². The Morgan fingerprint density at radius 3 is 2.69 bits per heavy atom. The number of halogens is 1. The normalized spacial score (nSPS) is 14.4. The maximum Gasteiger partial charge on any atom is 0.292 e. The van der Waals surface area contributed by atoms with Gasteiger partial charge >= 0.3 is 0 Å². The lowest BCUT2D eigenvalue weighted by atomic mass is 10.2. The van der Waals surface area contributed by atoms with Crippen molar-refractivity contribution in [1.82, 2.24) is 35.6 Å². The molecule has 1 amide bonds. The molecule has 0 atom stereocenters. The van der Waals surface area contributed by atoms with Crippen LogP contribution < -0.4 is 11.2 Å². The van der Waals surface area contributed by atoms with Crippen molar-refractivity contribution < 1.29 is 14.2 Å². The van der Waals surface area contributed by atoms with Crippen LogP contribution in [-0.2, 0) is 11.3 Å². The van der Waals surface area contributed by atoms with E-state index in [0.717, 1.165) is 23.5 Å². The molecule has 3 N–H and O–H groups in total. The molecular formula is C18H22ClN9O3S. The highest BCUT2D eigenvalue weighted by molar-refractivity contribution is 7.98. The van der Waals surface area contributed by atoms with Gasteiger partial charge in [0, 0.05) is 24.5 Å². The largest absolute Gasteiger partial charge is 0.379 e. The first-order valence-electron chi connectivity index (χ1n) is 9.46. The van der Waals surface area contributed by atoms with E-state index in [1.807, 2.05) is 30.5 Å². The molecule has 0 spiro atoms. The molecule has 2 aromatic heterocycles. The smallest absolute Gasteiger partial charge is 0.292 e. The number of ether oxygens (including phenoxy) is 1. The van der Waals surface area contributed by atoms with E-state index < -0.39 is 5.91 Å². The predicted molar refractivity (Wildman–Crippen MR) is 120 cm³/mol. The molecule has 0 unspecified atom stereocenters. The first-order valence-corrected chi connectivity index (χ1v) is 10.7. The number of carbonyl (C=O) groups is 1. The van der Waals surface area contributed by atoms with Crippen molar-refractivity contribution in [2.75, 3.05) is 38.3 Å². The predicted octanol–water partition coefficient (Wildman–Crippen LogP) is 0.972. The second-order valence-electron chi connectivity index (χ2n) is 6.63. The maximum absolute atomic E-state index is 13.0. The molecule has 14 heteroatoms. The third-order valence-electron chi connectivity index (χ3n) is 4.62. The molecule has 1 aromatic carbocycles. The van der Waals surface area contributed by atoms with E-state index in [2.05, 4.69) is 40.7 Å². The molecule has 32 heavy (non-hydrogen) atoms. The van der Waals surface area contributed by atoms with Gasteiger partial charge in [0.15, 0.2) is 5.69 Å². The summed E-state index contributed by atoms with van der Waals surface area (Å²) >= 11 is 1.65. The average Bonchev–Trinajstić information content (AvgIpc) is 3.40. The lowest BCUT2D eigenvalue weighted by Crippen LogP contribution is -2.36. The van der Waals surface area contributed by atoms with E-state index in [-0.39, 0.29) is 29.7 Å². The highest BCUT2D eigenvalue weighted by atomic mass is 35.5. The average molecular weight is 480 g/mol. The third-order valence-corrected chi connectivity index (χ3v) is 5.37. The van der Waals surface area contributed by atoms with E-state index >= 15 is 0 Å². The second kappa shape index (κ2) is 11.0. The van der Waals surface area contributed by atoms with Gasteiger partial charge in [0.25, 0.3) is 5.91 Å². The van der Waals surface area contributed by atoms with Crippen LogP contribution in [0.25, 0.3) is 5.82 Å². The molecule has 0 radical (unpaired) electrons. The van der Waals surface area contributed by atoms with Crippen LogP contribution >= 0.6 is 24.2 Å². The monoisotopic (exact) mass is 479 g/mol. The number of carbonyl (C=O) groups excluding carboxylic acids is 1. The Bertz CT molecular complexity index is 1060. The molecule has 0 saturated carbocycles. The topological polar surface area (TPSA) is 150 Å². The van der Waals surface area contributed by atoms with E-state index in [1.54, 1.807) is 18.0 Å². The molecule has 1 aliphatic heterocycles. The number of amides is 1. The highest BCUT2D eigenvalue weighted by Gasteiger charge is 2.26. The standard InChI is InChI=1S/C18H21N9O3S.ClH/c1-31-13-4-2-12(3-5-13)10-20-22-18(28)15-14(11-26-6-8-29-9-7-26)21-25-27(15)17-16(19)23-30-24-17;/h2-5,10H,6-9,11H2,1H3,(H2,19,23)(H,22,28);1H/b20-10+;. The van der Waals surface area contributed by atoms with Gasteiger partial charge in [-0.2, -0.15) is 9.78 Å². The van der Waals surface area contributed by atoms with Crippen LogP contribution in [0.5, 0.6) is 0 Å². The molecule has 3 heterocycles. The van der Waals surface area contributed by atoms with Gasteiger partial charge in [-0.15, -0.1) is 29.3 Å². The van der Waals surface area contributed by atoms with Crippen molar-refractivity contribution >= 4 is 42.1 Å². The maximum atomic E-state index is 13.0. The number of benzene rings is 1. The molecule has 12 nitrogen and oxygen atoms in total. The fourth-order valence-corrected chi connectivity index (χ4v) is 3.42. The summed E-state index contributed by atoms with van der Waals surface area (Å²) in [5.41, 5.74) is 9.78. The minimum Gasteiger partial charge on any atom is -0.379 e. The Hall–Kier alpha value is -3.00. The summed E-state index contributed by atoms with van der Waals surface area (Å²) in [6, 6.07) is 7.79. The Balaban J connectivity index is 0.00000289. The summed E-state index contributed by atoms with van der Waals surface area (Å²) in [5.74, 6) is -0.426. The second-order valence-corrected chi connectivity index (χ2v) is 7.51. The van der Waals surface area contributed by atoms with Crippen LogP contribution in [0.15, 0.2) is 38.9 Å². The molecule has 170 valence electrons. The fourth-order valence-electron chi connectivity index (χ4n) is 3.01. The van der Waals surface area contributed by atoms with Crippen molar-refractivity contribution in [2.24, 2.45) is 5.10 Å². The number of rotatable bonds is 7. The number of thioether (sulfide) groups is 1. The van der Waals surface area contributed by atoms with Crippen molar-refractivity contribution in [3.63, 3.8) is 0 Å². The Kier molecular flexibility index (Phi) is 8.16. The summed E-state index contributed by atoms with van der Waals surface area (Å²) in [4.78, 5) is 16.3. The summed E-state index contributed by atoms with van der Waals surface area (Å²) in [6.45, 7) is 3.11. The number of nitrogens with one attached hydrogen (secondary N) is 1. The number of aromatic nitrogens is 5. The SMILES string of the molecule is CSc1ccc(/C=N/NC(=O)c2c(CN3CCOCC3)nnn2-c2nonc2N)cc1.Cl. The molecule has 0 aliphatic carbocycles. The summed E-state index contributed by atoms with van der Waals surface area (Å²) < 4.78 is 11.2. The number of nitrogens with two attached hydrogens (primary N) is 1. The van der Waals surface area contributed by atoms with Crippen LogP contribution in [0.4, 0.5) is 5.82 Å². The van der Waals surface area contributed by atoms with Crippen molar-refractivity contribution in [3.8, 4) is 5.82 Å². The first kappa shape index (κ1) is 23.7. The molecule has 4 rings (SSSR count). The van der Waals surface area contributed by atoms with Gasteiger partial charge in [-0.25, -0.2) is 10.1 Å². The van der Waals surface area contributed by atoms with E-state index in [0.29, 0.717) is 25.5 Å². The minimum absolute atomic E-state index is 0. The summed E-state index contributed by atoms with van der Waals surface area (Å²) in [5, 5.41) is 19.5. The molecule has 3 aromatic rings. The van der Waals surface area contributed by atoms with Crippen molar-refractivity contribution in [1.29, 1.82) is 0 Å². The van der Waals surface area contributed by atoms with Gasteiger partial charge < -0.3 is 10.5 Å². The van der Waals surface area contributed by atoms with Crippen LogP contribution in [0.2, 0.25) is 0 Å². The third kappa shape index (κ3) is 5.43. The Morgan fingerprint density at radius 1 is 1.28 bits per heavy atom. The number of anilines is 1. The van der Waals surface area contributed by atoms with Gasteiger partial charge in [-0.1, -0.05) is 17.3 Å². The van der Waals surface area contributed by atoms with Crippen LogP contribution in [0, 0.1) is 0 Å². The Labute approximate surface area is 193 Å². The first-order chi connectivity index (χ1) is 15.2. The van der Waals surface area contributed by atoms with E-state index in [4.69, 9.17) is 10.5 Å². The summed E-state index contributed by atoms with van der Waals surface area (Å²) in [7, 11) is 0. The molecule has 1 aliphatic rings. The van der Waals surface area contributed by atoms with Gasteiger partial charge in [-0.05, 0) is 34.3 Å². The number of nitrogen functional groups attached to an aromatic ring is 1. The minimum atomic E-state index is -0.507. The molecular weight excluding hydrogens is 458 g/mol. The van der Waals surface area contributed by atoms with Gasteiger partial charge in [0.05, 0.1) is 19.4 Å². The van der Waals surface area contributed by atoms with Crippen LogP contribution in [0.1, 0.15) is 21.7 Å². The molecule has 0 bridgehead atoms. The molecule has 1 saturated heterocycles. The quantitative estimate of drug-likeness (QED) is 0.285. The van der Waals surface area contributed by atoms with Crippen LogP contribution in [-0.4, -0.2) is 74.9 Å². The van der Waals surface area contributed by atoms with Crippen molar-refractivity contribution in [3.05, 3.63) is 41.2 Å². The lowest BCUT2D eigenvalue weighted by Gasteiger charge is -2.25. The zero-order valence-corrected chi connectivity index (χ0v) is 18.8. The van der Waals surface area contributed by atoms with Gasteiger partial charge in [0.2, 0.25) is 11.6 Å². The van der Waals surface area contributed by atoms with Crippen LogP contribution in [0.3, 0.4) is 0 Å². The number of morpholine rings is 1. The van der Waals surface area contributed by atoms with Gasteiger partial charge in [0.1, 0.15) is 5.69 Å². The zero-order valence-electron chi connectivity index (χ0n) is 17.2. The van der Waals surface area contributed by atoms with E-state index in [9.17, 15) is 4.79 Å². The highest BCUT2D eigenvalue weighted by Crippen LogP contribution is 2.18. The Morgan fingerprint density at radius 2 is 2.03 bits per heavy atom. The number of hydrogen-bond acceptors (Lipinski definition) is 11. The number of nitrogens with zero attached hydrogens (tertiary/aromatic N) is 7. The summed E-state index contributed by atoms with van der Waals surface area (Å²) in [6.07, 6.45) is 3.57. The van der Waals surface area contributed by atoms with Crippen molar-refractivity contribution in [2.45, 2.75) is 11.4 Å². The zero-order chi connectivity index (χ0) is 21.6. The lowest BCUT2D eigenvalue weighted by molar-refractivity contribution is 0.0335. The number of hydrogen-bond donors (Lipinski definition) is 2. The molecule has 1 fully saturated rings. The van der Waals surface area contributed by atoms with Gasteiger partial charge in [-0.3, -0.25) is 9.69 Å². The fraction of sp³-hybridized carbons (Fsp3) is 0.333.